The summed E-state index contributed by atoms with van der Waals surface area (Å²) >= 11 is 0. The van der Waals surface area contributed by atoms with Crippen LogP contribution < -0.4 is 5.56 Å². The Balaban J connectivity index is 2.93. The molecule has 12 heavy (non-hydrogen) atoms. The summed E-state index contributed by atoms with van der Waals surface area (Å²) in [5.41, 5.74) is 1.47. The van der Waals surface area contributed by atoms with E-state index >= 15 is 0 Å². The van der Waals surface area contributed by atoms with Gasteiger partial charge in [0.15, 0.2) is 0 Å². The lowest BCUT2D eigenvalue weighted by atomic mass is 10.2. The number of fused-ring (bicyclic) bond motifs is 1. The highest BCUT2D eigenvalue weighted by Gasteiger charge is 1.96. The lowest BCUT2D eigenvalue weighted by molar-refractivity contribution is 1.21. The number of nitrogens with zero attached hydrogens (tertiary/aromatic N) is 1. The van der Waals surface area contributed by atoms with E-state index in [0.29, 0.717) is 0 Å². The van der Waals surface area contributed by atoms with Crippen molar-refractivity contribution in [2.45, 2.75) is 6.92 Å². The first kappa shape index (κ1) is 7.03. The van der Waals surface area contributed by atoms with E-state index < -0.39 is 0 Å². The zero-order valence-electron chi connectivity index (χ0n) is 6.66. The normalized spacial score (nSPS) is 10.4. The third-order valence-corrected chi connectivity index (χ3v) is 1.83. The number of hydrogen-bond donors (Lipinski definition) is 1. The van der Waals surface area contributed by atoms with Crippen LogP contribution in [0.15, 0.2) is 29.3 Å². The molecule has 0 aliphatic rings. The zero-order valence-corrected chi connectivity index (χ0v) is 6.66. The van der Waals surface area contributed by atoms with Gasteiger partial charge in [-0.2, -0.15) is 0 Å². The summed E-state index contributed by atoms with van der Waals surface area (Å²) in [5, 5.41) is 1.02. The van der Waals surface area contributed by atoms with Crippen LogP contribution in [0.4, 0.5) is 0 Å². The van der Waals surface area contributed by atoms with Gasteiger partial charge in [-0.15, -0.1) is 0 Å². The number of aryl methyl sites for hydroxylation is 1. The van der Waals surface area contributed by atoms with Gasteiger partial charge in [-0.3, -0.25) is 9.78 Å². The Kier molecular flexibility index (Phi) is 1.43. The van der Waals surface area contributed by atoms with E-state index in [-0.39, 0.29) is 5.56 Å². The molecule has 0 aliphatic heterocycles. The van der Waals surface area contributed by atoms with Crippen molar-refractivity contribution in [1.29, 1.82) is 0 Å². The highest BCUT2D eigenvalue weighted by Crippen LogP contribution is 2.07. The highest BCUT2D eigenvalue weighted by atomic mass is 16.1. The van der Waals surface area contributed by atoms with Crippen LogP contribution >= 0.6 is 0 Å². The number of aromatic amines is 1. The number of nitrogens with one attached hydrogen (secondary N) is 1. The standard InChI is InChI=1S/C9H8N2O/c1-6-4-7-2-3-10-5-8(7)11-9(6)12/h2-5H,1H3,(H,11,12). The van der Waals surface area contributed by atoms with Crippen molar-refractivity contribution in [3.8, 4) is 0 Å². The summed E-state index contributed by atoms with van der Waals surface area (Å²) in [6, 6.07) is 3.73. The van der Waals surface area contributed by atoms with E-state index in [1.54, 1.807) is 19.3 Å². The minimum Gasteiger partial charge on any atom is -0.320 e. The molecule has 0 aromatic carbocycles. The van der Waals surface area contributed by atoms with E-state index in [9.17, 15) is 4.79 Å². The minimum absolute atomic E-state index is 0.0458. The molecule has 60 valence electrons. The van der Waals surface area contributed by atoms with E-state index in [0.717, 1.165) is 16.5 Å². The van der Waals surface area contributed by atoms with Gasteiger partial charge in [0.05, 0.1) is 11.7 Å². The molecule has 0 spiro atoms. The highest BCUT2D eigenvalue weighted by molar-refractivity contribution is 5.77. The maximum Gasteiger partial charge on any atom is 0.251 e. The smallest absolute Gasteiger partial charge is 0.251 e. The number of pyridine rings is 2. The Morgan fingerprint density at radius 2 is 2.33 bits per heavy atom. The number of H-pyrrole nitrogens is 1. The second kappa shape index (κ2) is 2.44. The summed E-state index contributed by atoms with van der Waals surface area (Å²) in [7, 11) is 0. The lowest BCUT2D eigenvalue weighted by Crippen LogP contribution is -2.08. The fourth-order valence-electron chi connectivity index (χ4n) is 1.16. The molecule has 0 amide bonds. The van der Waals surface area contributed by atoms with Crippen molar-refractivity contribution in [2.75, 3.05) is 0 Å². The molecule has 1 N–H and O–H groups in total. The third-order valence-electron chi connectivity index (χ3n) is 1.83. The Bertz CT molecular complexity index is 473. The summed E-state index contributed by atoms with van der Waals surface area (Å²) in [6.45, 7) is 1.79. The second-order valence-electron chi connectivity index (χ2n) is 2.74. The SMILES string of the molecule is Cc1cc2ccncc2[nH]c1=O. The molecule has 2 rings (SSSR count). The van der Waals surface area contributed by atoms with Crippen LogP contribution in [0.3, 0.4) is 0 Å². The second-order valence-corrected chi connectivity index (χ2v) is 2.74. The average molecular weight is 160 g/mol. The molecule has 0 saturated heterocycles. The van der Waals surface area contributed by atoms with Gasteiger partial charge in [0.25, 0.3) is 5.56 Å². The molecule has 2 aromatic rings. The first-order chi connectivity index (χ1) is 5.77. The molecule has 3 heteroatoms. The van der Waals surface area contributed by atoms with Gasteiger partial charge >= 0.3 is 0 Å². The van der Waals surface area contributed by atoms with E-state index in [4.69, 9.17) is 0 Å². The predicted octanol–water partition coefficient (Wildman–Crippen LogP) is 1.23. The predicted molar refractivity (Wildman–Crippen MR) is 47.1 cm³/mol. The maximum atomic E-state index is 11.1. The molecular weight excluding hydrogens is 152 g/mol. The van der Waals surface area contributed by atoms with Crippen molar-refractivity contribution in [1.82, 2.24) is 9.97 Å². The van der Waals surface area contributed by atoms with Crippen molar-refractivity contribution in [3.63, 3.8) is 0 Å². The van der Waals surface area contributed by atoms with Crippen LogP contribution in [0, 0.1) is 6.92 Å². The summed E-state index contributed by atoms with van der Waals surface area (Å²) < 4.78 is 0. The Morgan fingerprint density at radius 1 is 1.50 bits per heavy atom. The summed E-state index contributed by atoms with van der Waals surface area (Å²) in [6.07, 6.45) is 3.36. The van der Waals surface area contributed by atoms with Gasteiger partial charge in [-0.25, -0.2) is 0 Å². The fraction of sp³-hybridized carbons (Fsp3) is 0.111. The largest absolute Gasteiger partial charge is 0.320 e. The van der Waals surface area contributed by atoms with E-state index in [1.807, 2.05) is 12.1 Å². The van der Waals surface area contributed by atoms with Gasteiger partial charge in [0, 0.05) is 17.1 Å². The monoisotopic (exact) mass is 160 g/mol. The molecule has 0 bridgehead atoms. The number of aromatic nitrogens is 2. The quantitative estimate of drug-likeness (QED) is 0.630. The van der Waals surface area contributed by atoms with Crippen LogP contribution in [0.1, 0.15) is 5.56 Å². The zero-order chi connectivity index (χ0) is 8.55. The average Bonchev–Trinajstić information content (AvgIpc) is 2.07. The van der Waals surface area contributed by atoms with Crippen molar-refractivity contribution < 1.29 is 0 Å². The molecule has 2 heterocycles. The van der Waals surface area contributed by atoms with Crippen molar-refractivity contribution in [3.05, 3.63) is 40.4 Å². The maximum absolute atomic E-state index is 11.1. The molecule has 0 radical (unpaired) electrons. The summed E-state index contributed by atoms with van der Waals surface area (Å²) in [5.74, 6) is 0. The number of rotatable bonds is 0. The van der Waals surface area contributed by atoms with Crippen LogP contribution in [-0.2, 0) is 0 Å². The Morgan fingerprint density at radius 3 is 3.17 bits per heavy atom. The fourth-order valence-corrected chi connectivity index (χ4v) is 1.16. The van der Waals surface area contributed by atoms with Gasteiger partial charge in [0.2, 0.25) is 0 Å². The molecule has 0 atom stereocenters. The first-order valence-corrected chi connectivity index (χ1v) is 3.71. The Labute approximate surface area is 69.1 Å². The lowest BCUT2D eigenvalue weighted by Gasteiger charge is -1.96. The molecule has 2 aromatic heterocycles. The van der Waals surface area contributed by atoms with Crippen LogP contribution in [-0.4, -0.2) is 9.97 Å². The van der Waals surface area contributed by atoms with E-state index in [1.165, 1.54) is 0 Å². The van der Waals surface area contributed by atoms with Crippen LogP contribution in [0.5, 0.6) is 0 Å². The van der Waals surface area contributed by atoms with Gasteiger partial charge in [-0.1, -0.05) is 0 Å². The van der Waals surface area contributed by atoms with Gasteiger partial charge < -0.3 is 4.98 Å². The molecular formula is C9H8N2O. The topological polar surface area (TPSA) is 45.8 Å². The van der Waals surface area contributed by atoms with E-state index in [2.05, 4.69) is 9.97 Å². The van der Waals surface area contributed by atoms with Gasteiger partial charge in [0.1, 0.15) is 0 Å². The molecule has 3 nitrogen and oxygen atoms in total. The van der Waals surface area contributed by atoms with Crippen LogP contribution in [0.25, 0.3) is 10.9 Å². The van der Waals surface area contributed by atoms with Crippen LogP contribution in [0.2, 0.25) is 0 Å². The van der Waals surface area contributed by atoms with Gasteiger partial charge in [-0.05, 0) is 19.1 Å². The molecule has 0 unspecified atom stereocenters. The third kappa shape index (κ3) is 0.993. The first-order valence-electron chi connectivity index (χ1n) is 3.71. The minimum atomic E-state index is -0.0458. The number of hydrogen-bond acceptors (Lipinski definition) is 2. The Hall–Kier alpha value is -1.64. The summed E-state index contributed by atoms with van der Waals surface area (Å²) in [4.78, 5) is 17.8. The molecule has 0 fully saturated rings. The van der Waals surface area contributed by atoms with Crippen molar-refractivity contribution >= 4 is 10.9 Å². The molecule has 0 aliphatic carbocycles. The van der Waals surface area contributed by atoms with Crippen molar-refractivity contribution in [2.24, 2.45) is 0 Å². The molecule has 0 saturated carbocycles.